The molecule has 0 unspecified atom stereocenters. The zero-order valence-corrected chi connectivity index (χ0v) is 17.3. The molecule has 1 aliphatic heterocycles. The molecule has 2 fully saturated rings. The molecule has 1 aliphatic carbocycles. The Balaban J connectivity index is 1.64. The molecule has 3 amide bonds. The number of fused-ring (bicyclic) bond motifs is 1. The fourth-order valence-corrected chi connectivity index (χ4v) is 4.13. The average Bonchev–Trinajstić information content (AvgIpc) is 2.98. The van der Waals surface area contributed by atoms with Crippen LogP contribution in [0.1, 0.15) is 56.8 Å². The van der Waals surface area contributed by atoms with Crippen LogP contribution in [0.5, 0.6) is 0 Å². The fraction of sp³-hybridized carbons (Fsp3) is 0.500. The van der Waals surface area contributed by atoms with Gasteiger partial charge in [0.1, 0.15) is 6.04 Å². The van der Waals surface area contributed by atoms with Crippen molar-refractivity contribution in [3.05, 3.63) is 29.8 Å². The standard InChI is InChI=1S/C22H26N2O6/c1-12(24-20(27)16-9-4-5-10-17(16)21(24)28)22(29)30-14(3)19(26)23-18-11-7-6-8-15(18)13(2)25/h6-8,11-12,14,16-17H,4-5,9-10H2,1-3H3,(H,23,26)/t12-,14+,16-,17+/m0/s1. The van der Waals surface area contributed by atoms with Crippen LogP contribution in [0.15, 0.2) is 24.3 Å². The van der Waals surface area contributed by atoms with Crippen LogP contribution >= 0.6 is 0 Å². The van der Waals surface area contributed by atoms with Gasteiger partial charge in [0, 0.05) is 5.56 Å². The Bertz CT molecular complexity index is 871. The first-order chi connectivity index (χ1) is 14.2. The predicted molar refractivity (Wildman–Crippen MR) is 107 cm³/mol. The highest BCUT2D eigenvalue weighted by molar-refractivity contribution is 6.08. The maximum Gasteiger partial charge on any atom is 0.329 e. The van der Waals surface area contributed by atoms with Gasteiger partial charge in [0.05, 0.1) is 17.5 Å². The van der Waals surface area contributed by atoms with Crippen LogP contribution in [-0.4, -0.2) is 46.5 Å². The van der Waals surface area contributed by atoms with E-state index in [1.165, 1.54) is 20.8 Å². The van der Waals surface area contributed by atoms with Crippen LogP contribution < -0.4 is 5.32 Å². The van der Waals surface area contributed by atoms with Crippen molar-refractivity contribution in [3.63, 3.8) is 0 Å². The molecule has 8 nitrogen and oxygen atoms in total. The van der Waals surface area contributed by atoms with Crippen LogP contribution in [0.4, 0.5) is 5.69 Å². The molecule has 1 saturated heterocycles. The largest absolute Gasteiger partial charge is 0.451 e. The lowest BCUT2D eigenvalue weighted by Crippen LogP contribution is -2.46. The van der Waals surface area contributed by atoms with Crippen molar-refractivity contribution in [1.29, 1.82) is 0 Å². The zero-order valence-electron chi connectivity index (χ0n) is 17.3. The number of rotatable bonds is 6. The number of anilines is 1. The van der Waals surface area contributed by atoms with Gasteiger partial charge in [-0.1, -0.05) is 25.0 Å². The molecule has 1 N–H and O–H groups in total. The first-order valence-electron chi connectivity index (χ1n) is 10.2. The number of benzene rings is 1. The molecular formula is C22H26N2O6. The lowest BCUT2D eigenvalue weighted by Gasteiger charge is -2.23. The van der Waals surface area contributed by atoms with Gasteiger partial charge >= 0.3 is 5.97 Å². The fourth-order valence-electron chi connectivity index (χ4n) is 4.13. The van der Waals surface area contributed by atoms with E-state index in [4.69, 9.17) is 4.74 Å². The molecule has 8 heteroatoms. The molecule has 2 aliphatic rings. The van der Waals surface area contributed by atoms with E-state index < -0.39 is 24.0 Å². The average molecular weight is 414 g/mol. The number of hydrogen-bond donors (Lipinski definition) is 1. The third kappa shape index (κ3) is 4.13. The molecule has 1 heterocycles. The van der Waals surface area contributed by atoms with Gasteiger partial charge < -0.3 is 10.1 Å². The molecule has 160 valence electrons. The second-order valence-corrected chi connectivity index (χ2v) is 7.89. The maximum atomic E-state index is 12.6. The molecule has 30 heavy (non-hydrogen) atoms. The SMILES string of the molecule is CC(=O)c1ccccc1NC(=O)[C@@H](C)OC(=O)[C@H](C)N1C(=O)[C@H]2CCCC[C@H]2C1=O. The van der Waals surface area contributed by atoms with Crippen LogP contribution in [0, 0.1) is 11.8 Å². The Hall–Kier alpha value is -3.03. The van der Waals surface area contributed by atoms with E-state index in [9.17, 15) is 24.0 Å². The molecule has 4 atom stereocenters. The Morgan fingerprint density at radius 1 is 1.03 bits per heavy atom. The highest BCUT2D eigenvalue weighted by Crippen LogP contribution is 2.39. The van der Waals surface area contributed by atoms with E-state index in [0.29, 0.717) is 24.1 Å². The van der Waals surface area contributed by atoms with Crippen molar-refractivity contribution in [2.24, 2.45) is 11.8 Å². The summed E-state index contributed by atoms with van der Waals surface area (Å²) < 4.78 is 5.23. The van der Waals surface area contributed by atoms with Gasteiger partial charge in [0.2, 0.25) is 11.8 Å². The second-order valence-electron chi connectivity index (χ2n) is 7.89. The number of imide groups is 1. The van der Waals surface area contributed by atoms with E-state index >= 15 is 0 Å². The van der Waals surface area contributed by atoms with Gasteiger partial charge in [-0.2, -0.15) is 0 Å². The van der Waals surface area contributed by atoms with Gasteiger partial charge in [-0.05, 0) is 45.7 Å². The summed E-state index contributed by atoms with van der Waals surface area (Å²) in [5, 5.41) is 2.58. The van der Waals surface area contributed by atoms with E-state index in [-0.39, 0.29) is 29.4 Å². The summed E-state index contributed by atoms with van der Waals surface area (Å²) in [6.07, 6.45) is 1.93. The highest BCUT2D eigenvalue weighted by atomic mass is 16.5. The number of ketones is 1. The third-order valence-corrected chi connectivity index (χ3v) is 5.83. The lowest BCUT2D eigenvalue weighted by molar-refractivity contribution is -0.163. The Morgan fingerprint density at radius 3 is 2.17 bits per heavy atom. The minimum Gasteiger partial charge on any atom is -0.451 e. The quantitative estimate of drug-likeness (QED) is 0.435. The van der Waals surface area contributed by atoms with Gasteiger partial charge in [0.15, 0.2) is 11.9 Å². The summed E-state index contributed by atoms with van der Waals surface area (Å²) >= 11 is 0. The number of esters is 1. The van der Waals surface area contributed by atoms with Gasteiger partial charge in [-0.3, -0.25) is 24.1 Å². The number of carbonyl (C=O) groups is 5. The minimum atomic E-state index is -1.17. The molecule has 3 rings (SSSR count). The number of likely N-dealkylation sites (tertiary alicyclic amines) is 1. The molecular weight excluding hydrogens is 388 g/mol. The van der Waals surface area contributed by atoms with Crippen LogP contribution in [0.2, 0.25) is 0 Å². The van der Waals surface area contributed by atoms with E-state index in [2.05, 4.69) is 5.32 Å². The van der Waals surface area contributed by atoms with Crippen LogP contribution in [-0.2, 0) is 23.9 Å². The summed E-state index contributed by atoms with van der Waals surface area (Å²) in [7, 11) is 0. The van der Waals surface area contributed by atoms with E-state index in [1.54, 1.807) is 24.3 Å². The number of Topliss-reactive ketones (excluding diaryl/α,β-unsaturated/α-hetero) is 1. The summed E-state index contributed by atoms with van der Waals surface area (Å²) in [5.41, 5.74) is 0.661. The van der Waals surface area contributed by atoms with Crippen molar-refractivity contribution in [2.45, 2.75) is 58.6 Å². The van der Waals surface area contributed by atoms with Crippen molar-refractivity contribution < 1.29 is 28.7 Å². The van der Waals surface area contributed by atoms with Crippen LogP contribution in [0.3, 0.4) is 0 Å². The summed E-state index contributed by atoms with van der Waals surface area (Å²) in [6, 6.07) is 5.41. The summed E-state index contributed by atoms with van der Waals surface area (Å²) in [6.45, 7) is 4.21. The second kappa shape index (κ2) is 8.77. The van der Waals surface area contributed by atoms with E-state index in [0.717, 1.165) is 17.7 Å². The summed E-state index contributed by atoms with van der Waals surface area (Å²) in [5.74, 6) is -3.02. The number of carbonyl (C=O) groups excluding carboxylic acids is 5. The molecule has 1 aromatic carbocycles. The Kier molecular flexibility index (Phi) is 6.34. The Labute approximate surface area is 174 Å². The first-order valence-corrected chi connectivity index (χ1v) is 10.2. The lowest BCUT2D eigenvalue weighted by atomic mass is 9.81. The van der Waals surface area contributed by atoms with Crippen molar-refractivity contribution in [2.75, 3.05) is 5.32 Å². The molecule has 0 bridgehead atoms. The topological polar surface area (TPSA) is 110 Å². The monoisotopic (exact) mass is 414 g/mol. The van der Waals surface area contributed by atoms with Gasteiger partial charge in [-0.15, -0.1) is 0 Å². The van der Waals surface area contributed by atoms with Crippen molar-refractivity contribution >= 4 is 35.2 Å². The van der Waals surface area contributed by atoms with Crippen molar-refractivity contribution in [1.82, 2.24) is 4.90 Å². The predicted octanol–water partition coefficient (Wildman–Crippen LogP) is 2.32. The summed E-state index contributed by atoms with van der Waals surface area (Å²) in [4.78, 5) is 63.0. The first kappa shape index (κ1) is 21.7. The molecule has 0 radical (unpaired) electrons. The Morgan fingerprint density at radius 2 is 1.60 bits per heavy atom. The molecule has 0 spiro atoms. The third-order valence-electron chi connectivity index (χ3n) is 5.83. The smallest absolute Gasteiger partial charge is 0.329 e. The number of amides is 3. The molecule has 0 aromatic heterocycles. The number of nitrogens with one attached hydrogen (secondary N) is 1. The number of ether oxygens (including phenoxy) is 1. The normalized spacial score (nSPS) is 22.8. The van der Waals surface area contributed by atoms with Crippen LogP contribution in [0.25, 0.3) is 0 Å². The molecule has 1 saturated carbocycles. The van der Waals surface area contributed by atoms with Gasteiger partial charge in [-0.25, -0.2) is 4.79 Å². The highest BCUT2D eigenvalue weighted by Gasteiger charge is 2.51. The zero-order chi connectivity index (χ0) is 22.0. The number of para-hydroxylation sites is 1. The minimum absolute atomic E-state index is 0.211. The van der Waals surface area contributed by atoms with E-state index in [1.807, 2.05) is 0 Å². The van der Waals surface area contributed by atoms with Gasteiger partial charge in [0.25, 0.3) is 5.91 Å². The maximum absolute atomic E-state index is 12.6. The number of hydrogen-bond acceptors (Lipinski definition) is 6. The van der Waals surface area contributed by atoms with Crippen molar-refractivity contribution in [3.8, 4) is 0 Å². The number of nitrogens with zero attached hydrogens (tertiary/aromatic N) is 1. The molecule has 1 aromatic rings.